The first-order valence-electron chi connectivity index (χ1n) is 6.88. The molecule has 0 saturated carbocycles. The smallest absolute Gasteiger partial charge is 0.254 e. The highest BCUT2D eigenvalue weighted by atomic mass is 16.3. The first-order valence-corrected chi connectivity index (χ1v) is 6.88. The Bertz CT molecular complexity index is 428. The van der Waals surface area contributed by atoms with E-state index >= 15 is 0 Å². The summed E-state index contributed by atoms with van der Waals surface area (Å²) in [6.45, 7) is 4.18. The van der Waals surface area contributed by atoms with Crippen molar-refractivity contribution in [1.29, 1.82) is 0 Å². The number of anilines is 1. The van der Waals surface area contributed by atoms with Crippen molar-refractivity contribution in [1.82, 2.24) is 9.88 Å². The number of aromatic nitrogens is 1. The van der Waals surface area contributed by atoms with E-state index in [1.165, 1.54) is 0 Å². The summed E-state index contributed by atoms with van der Waals surface area (Å²) in [6, 6.07) is 3.54. The van der Waals surface area contributed by atoms with Crippen LogP contribution in [0.4, 0.5) is 5.82 Å². The van der Waals surface area contributed by atoms with Crippen molar-refractivity contribution in [3.05, 3.63) is 23.9 Å². The Hall–Kier alpha value is -1.62. The molecule has 0 atom stereocenters. The van der Waals surface area contributed by atoms with E-state index in [0.717, 1.165) is 18.8 Å². The number of likely N-dealkylation sites (tertiary alicyclic amines) is 1. The lowest BCUT2D eigenvalue weighted by Crippen LogP contribution is -2.40. The van der Waals surface area contributed by atoms with Crippen LogP contribution in [0.1, 0.15) is 36.5 Å². The molecule has 0 aromatic carbocycles. The number of aliphatic hydroxyl groups excluding tert-OH is 1. The van der Waals surface area contributed by atoms with Gasteiger partial charge in [0.1, 0.15) is 5.82 Å². The first kappa shape index (κ1) is 13.8. The number of amides is 1. The number of nitrogens with zero attached hydrogens (tertiary/aromatic N) is 2. The molecule has 0 aliphatic carbocycles. The van der Waals surface area contributed by atoms with Gasteiger partial charge in [0.05, 0.1) is 6.10 Å². The van der Waals surface area contributed by atoms with Crippen molar-refractivity contribution < 1.29 is 9.90 Å². The van der Waals surface area contributed by atoms with Gasteiger partial charge in [0, 0.05) is 31.4 Å². The molecule has 0 spiro atoms. The molecule has 2 N–H and O–H groups in total. The average Bonchev–Trinajstić information content (AvgIpc) is 2.45. The predicted molar refractivity (Wildman–Crippen MR) is 74.2 cm³/mol. The van der Waals surface area contributed by atoms with Crippen LogP contribution in [0.5, 0.6) is 0 Å². The number of nitrogens with one attached hydrogen (secondary N) is 1. The second-order valence-corrected chi connectivity index (χ2v) is 4.88. The standard InChI is InChI=1S/C14H21N3O2/c1-2-6-15-13-10-11(3-7-16-13)14(19)17-8-4-12(18)5-9-17/h3,7,10,12,18H,2,4-6,8-9H2,1H3,(H,15,16). The number of rotatable bonds is 4. The van der Waals surface area contributed by atoms with E-state index in [4.69, 9.17) is 0 Å². The number of aliphatic hydroxyl groups is 1. The van der Waals surface area contributed by atoms with Crippen LogP contribution in [-0.4, -0.2) is 46.6 Å². The fraction of sp³-hybridized carbons (Fsp3) is 0.571. The van der Waals surface area contributed by atoms with Gasteiger partial charge in [0.25, 0.3) is 5.91 Å². The lowest BCUT2D eigenvalue weighted by atomic mass is 10.1. The van der Waals surface area contributed by atoms with Crippen LogP contribution in [0.25, 0.3) is 0 Å². The molecule has 0 bridgehead atoms. The molecule has 1 amide bonds. The van der Waals surface area contributed by atoms with Crippen molar-refractivity contribution >= 4 is 11.7 Å². The fourth-order valence-electron chi connectivity index (χ4n) is 2.16. The van der Waals surface area contributed by atoms with Gasteiger partial charge in [-0.2, -0.15) is 0 Å². The number of piperidine rings is 1. The van der Waals surface area contributed by atoms with Gasteiger partial charge in [0.2, 0.25) is 0 Å². The van der Waals surface area contributed by atoms with Gasteiger partial charge in [0.15, 0.2) is 0 Å². The highest BCUT2D eigenvalue weighted by Gasteiger charge is 2.22. The first-order chi connectivity index (χ1) is 9.20. The third kappa shape index (κ3) is 3.67. The van der Waals surface area contributed by atoms with Crippen LogP contribution in [0.2, 0.25) is 0 Å². The zero-order valence-corrected chi connectivity index (χ0v) is 11.3. The van der Waals surface area contributed by atoms with Crippen molar-refractivity contribution in [3.8, 4) is 0 Å². The van der Waals surface area contributed by atoms with E-state index in [1.54, 1.807) is 23.2 Å². The van der Waals surface area contributed by atoms with E-state index in [0.29, 0.717) is 31.5 Å². The molecule has 1 aromatic rings. The van der Waals surface area contributed by atoms with Gasteiger partial charge in [-0.3, -0.25) is 4.79 Å². The molecule has 5 heteroatoms. The maximum absolute atomic E-state index is 12.3. The summed E-state index contributed by atoms with van der Waals surface area (Å²) in [7, 11) is 0. The molecule has 2 rings (SSSR count). The maximum Gasteiger partial charge on any atom is 0.254 e. The molecular formula is C14H21N3O2. The van der Waals surface area contributed by atoms with Crippen LogP contribution < -0.4 is 5.32 Å². The van der Waals surface area contributed by atoms with Crippen LogP contribution in [0, 0.1) is 0 Å². The Morgan fingerprint density at radius 1 is 1.53 bits per heavy atom. The third-order valence-electron chi connectivity index (χ3n) is 3.31. The zero-order chi connectivity index (χ0) is 13.7. The summed E-state index contributed by atoms with van der Waals surface area (Å²) in [5.74, 6) is 0.763. The predicted octanol–water partition coefficient (Wildman–Crippen LogP) is 1.50. The van der Waals surface area contributed by atoms with E-state index in [2.05, 4.69) is 17.2 Å². The highest BCUT2D eigenvalue weighted by Crippen LogP contribution is 2.15. The number of carbonyl (C=O) groups excluding carboxylic acids is 1. The second kappa shape index (κ2) is 6.52. The molecule has 0 radical (unpaired) electrons. The van der Waals surface area contributed by atoms with E-state index in [9.17, 15) is 9.90 Å². The number of pyridine rings is 1. The summed E-state index contributed by atoms with van der Waals surface area (Å²) in [5.41, 5.74) is 0.657. The van der Waals surface area contributed by atoms with Gasteiger partial charge in [-0.25, -0.2) is 4.98 Å². The summed E-state index contributed by atoms with van der Waals surface area (Å²) >= 11 is 0. The molecule has 1 fully saturated rings. The Morgan fingerprint density at radius 2 is 2.26 bits per heavy atom. The largest absolute Gasteiger partial charge is 0.393 e. The second-order valence-electron chi connectivity index (χ2n) is 4.88. The number of hydrogen-bond donors (Lipinski definition) is 2. The van der Waals surface area contributed by atoms with Gasteiger partial charge in [-0.15, -0.1) is 0 Å². The summed E-state index contributed by atoms with van der Waals surface area (Å²) in [6.07, 6.45) is 3.74. The summed E-state index contributed by atoms with van der Waals surface area (Å²) in [5, 5.41) is 12.6. The molecule has 1 aliphatic heterocycles. The molecular weight excluding hydrogens is 242 g/mol. The third-order valence-corrected chi connectivity index (χ3v) is 3.31. The molecule has 1 aromatic heterocycles. The Balaban J connectivity index is 2.02. The minimum atomic E-state index is -0.261. The van der Waals surface area contributed by atoms with Crippen LogP contribution >= 0.6 is 0 Å². The zero-order valence-electron chi connectivity index (χ0n) is 11.3. The lowest BCUT2D eigenvalue weighted by molar-refractivity contribution is 0.0546. The number of carbonyl (C=O) groups is 1. The highest BCUT2D eigenvalue weighted by molar-refractivity contribution is 5.94. The minimum Gasteiger partial charge on any atom is -0.393 e. The Morgan fingerprint density at radius 3 is 2.95 bits per heavy atom. The van der Waals surface area contributed by atoms with Crippen LogP contribution in [-0.2, 0) is 0 Å². The molecule has 104 valence electrons. The monoisotopic (exact) mass is 263 g/mol. The van der Waals surface area contributed by atoms with Gasteiger partial charge >= 0.3 is 0 Å². The Kier molecular flexibility index (Phi) is 4.74. The SMILES string of the molecule is CCCNc1cc(C(=O)N2CCC(O)CC2)ccn1. The number of hydrogen-bond acceptors (Lipinski definition) is 4. The fourth-order valence-corrected chi connectivity index (χ4v) is 2.16. The molecule has 1 saturated heterocycles. The summed E-state index contributed by atoms with van der Waals surface area (Å²) < 4.78 is 0. The molecule has 1 aliphatic rings. The normalized spacial score (nSPS) is 16.4. The topological polar surface area (TPSA) is 65.5 Å². The quantitative estimate of drug-likeness (QED) is 0.864. The van der Waals surface area contributed by atoms with Gasteiger partial charge in [-0.05, 0) is 31.4 Å². The van der Waals surface area contributed by atoms with Crippen LogP contribution in [0.15, 0.2) is 18.3 Å². The maximum atomic E-state index is 12.3. The molecule has 2 heterocycles. The molecule has 0 unspecified atom stereocenters. The van der Waals surface area contributed by atoms with E-state index in [-0.39, 0.29) is 12.0 Å². The van der Waals surface area contributed by atoms with Crippen molar-refractivity contribution in [2.45, 2.75) is 32.3 Å². The minimum absolute atomic E-state index is 0.0221. The van der Waals surface area contributed by atoms with Gasteiger partial charge < -0.3 is 15.3 Å². The lowest BCUT2D eigenvalue weighted by Gasteiger charge is -2.29. The average molecular weight is 263 g/mol. The summed E-state index contributed by atoms with van der Waals surface area (Å²) in [4.78, 5) is 18.3. The van der Waals surface area contributed by atoms with Crippen LogP contribution in [0.3, 0.4) is 0 Å². The molecule has 19 heavy (non-hydrogen) atoms. The van der Waals surface area contributed by atoms with Crippen molar-refractivity contribution in [2.75, 3.05) is 25.0 Å². The van der Waals surface area contributed by atoms with Crippen molar-refractivity contribution in [2.24, 2.45) is 0 Å². The molecule has 5 nitrogen and oxygen atoms in total. The van der Waals surface area contributed by atoms with Crippen molar-refractivity contribution in [3.63, 3.8) is 0 Å². The Labute approximate surface area is 113 Å². The van der Waals surface area contributed by atoms with Gasteiger partial charge in [-0.1, -0.05) is 6.92 Å². The van der Waals surface area contributed by atoms with E-state index < -0.39 is 0 Å². The van der Waals surface area contributed by atoms with E-state index in [1.807, 2.05) is 0 Å².